The van der Waals surface area contributed by atoms with E-state index in [0.717, 1.165) is 0 Å². The van der Waals surface area contributed by atoms with E-state index in [-0.39, 0.29) is 17.7 Å². The second-order valence-electron chi connectivity index (χ2n) is 5.24. The number of carbonyl (C=O) groups excluding carboxylic acids is 2. The van der Waals surface area contributed by atoms with Gasteiger partial charge in [-0.2, -0.15) is 0 Å². The highest BCUT2D eigenvalue weighted by Gasteiger charge is 2.27. The molecule has 1 aliphatic heterocycles. The lowest BCUT2D eigenvalue weighted by atomic mass is 10.1. The van der Waals surface area contributed by atoms with E-state index in [1.54, 1.807) is 6.92 Å². The third-order valence-electron chi connectivity index (χ3n) is 3.27. The van der Waals surface area contributed by atoms with E-state index in [4.69, 9.17) is 5.73 Å². The first kappa shape index (κ1) is 14.2. The number of hydrogen-bond donors (Lipinski definition) is 3. The zero-order valence-electron chi connectivity index (χ0n) is 11.9. The predicted molar refractivity (Wildman–Crippen MR) is 75.1 cm³/mol. The van der Waals surface area contributed by atoms with E-state index in [2.05, 4.69) is 20.6 Å². The molecule has 0 radical (unpaired) electrons. The Morgan fingerprint density at radius 1 is 1.35 bits per heavy atom. The van der Waals surface area contributed by atoms with Gasteiger partial charge in [-0.25, -0.2) is 9.97 Å². The van der Waals surface area contributed by atoms with E-state index in [1.165, 1.54) is 0 Å². The topological polar surface area (TPSA) is 110 Å². The maximum Gasteiger partial charge on any atom is 0.249 e. The fourth-order valence-corrected chi connectivity index (χ4v) is 1.95. The van der Waals surface area contributed by atoms with Gasteiger partial charge in [0.15, 0.2) is 0 Å². The SMILES string of the molecule is Cc1c(N)nc(C(C)C)nc1NC1CCC(=O)NC1=O. The van der Waals surface area contributed by atoms with Crippen LogP contribution in [0.4, 0.5) is 11.6 Å². The molecular weight excluding hydrogens is 258 g/mol. The van der Waals surface area contributed by atoms with Crippen LogP contribution < -0.4 is 16.4 Å². The minimum Gasteiger partial charge on any atom is -0.383 e. The highest BCUT2D eigenvalue weighted by atomic mass is 16.2. The summed E-state index contributed by atoms with van der Waals surface area (Å²) in [5.74, 6) is 1.15. The number of hydrogen-bond acceptors (Lipinski definition) is 6. The van der Waals surface area contributed by atoms with Gasteiger partial charge in [0.05, 0.1) is 0 Å². The predicted octanol–water partition coefficient (Wildman–Crippen LogP) is 0.708. The van der Waals surface area contributed by atoms with Crippen LogP contribution in [-0.4, -0.2) is 27.8 Å². The van der Waals surface area contributed by atoms with Crippen LogP contribution >= 0.6 is 0 Å². The molecule has 2 rings (SSSR count). The lowest BCUT2D eigenvalue weighted by Crippen LogP contribution is -2.47. The summed E-state index contributed by atoms with van der Waals surface area (Å²) < 4.78 is 0. The van der Waals surface area contributed by atoms with Crippen LogP contribution in [0.5, 0.6) is 0 Å². The smallest absolute Gasteiger partial charge is 0.249 e. The molecule has 0 bridgehead atoms. The molecule has 1 aliphatic rings. The van der Waals surface area contributed by atoms with Gasteiger partial charge in [0.1, 0.15) is 23.5 Å². The first-order valence-corrected chi connectivity index (χ1v) is 6.62. The van der Waals surface area contributed by atoms with Crippen LogP contribution in [0.15, 0.2) is 0 Å². The monoisotopic (exact) mass is 277 g/mol. The standard InChI is InChI=1S/C13H19N5O2/c1-6(2)11-17-10(14)7(3)12(18-11)15-8-4-5-9(19)16-13(8)20/h6,8H,4-5H2,1-3H3,(H,16,19,20)(H3,14,15,17,18). The molecule has 1 fully saturated rings. The number of aromatic nitrogens is 2. The molecule has 0 spiro atoms. The third-order valence-corrected chi connectivity index (χ3v) is 3.27. The molecule has 4 N–H and O–H groups in total. The van der Waals surface area contributed by atoms with Crippen molar-refractivity contribution >= 4 is 23.5 Å². The van der Waals surface area contributed by atoms with E-state index in [9.17, 15) is 9.59 Å². The Labute approximate surface area is 117 Å². The van der Waals surface area contributed by atoms with Crippen molar-refractivity contribution in [3.8, 4) is 0 Å². The molecule has 7 nitrogen and oxygen atoms in total. The Hall–Kier alpha value is -2.18. The van der Waals surface area contributed by atoms with Gasteiger partial charge in [-0.1, -0.05) is 13.8 Å². The average Bonchev–Trinajstić information content (AvgIpc) is 2.37. The summed E-state index contributed by atoms with van der Waals surface area (Å²) in [6.45, 7) is 5.74. The van der Waals surface area contributed by atoms with Crippen molar-refractivity contribution in [2.24, 2.45) is 0 Å². The van der Waals surface area contributed by atoms with E-state index in [0.29, 0.717) is 35.9 Å². The maximum absolute atomic E-state index is 11.8. The molecule has 7 heteroatoms. The largest absolute Gasteiger partial charge is 0.383 e. The number of nitrogen functional groups attached to an aromatic ring is 1. The molecule has 1 aromatic heterocycles. The summed E-state index contributed by atoms with van der Waals surface area (Å²) in [4.78, 5) is 31.5. The Balaban J connectivity index is 2.24. The zero-order chi connectivity index (χ0) is 14.9. The summed E-state index contributed by atoms with van der Waals surface area (Å²) in [6, 6.07) is -0.472. The van der Waals surface area contributed by atoms with Crippen LogP contribution in [0.25, 0.3) is 0 Å². The molecular formula is C13H19N5O2. The number of nitrogens with two attached hydrogens (primary N) is 1. The van der Waals surface area contributed by atoms with Crippen molar-refractivity contribution < 1.29 is 9.59 Å². The van der Waals surface area contributed by atoms with Gasteiger partial charge in [0, 0.05) is 17.9 Å². The van der Waals surface area contributed by atoms with Crippen molar-refractivity contribution in [1.82, 2.24) is 15.3 Å². The summed E-state index contributed by atoms with van der Waals surface area (Å²) in [5, 5.41) is 5.37. The summed E-state index contributed by atoms with van der Waals surface area (Å²) >= 11 is 0. The second-order valence-corrected chi connectivity index (χ2v) is 5.24. The number of imide groups is 1. The number of anilines is 2. The first-order valence-electron chi connectivity index (χ1n) is 6.62. The molecule has 1 atom stereocenters. The minimum atomic E-state index is -0.472. The summed E-state index contributed by atoms with van der Waals surface area (Å²) in [7, 11) is 0. The lowest BCUT2D eigenvalue weighted by Gasteiger charge is -2.23. The van der Waals surface area contributed by atoms with Gasteiger partial charge in [-0.15, -0.1) is 0 Å². The molecule has 0 aliphatic carbocycles. The minimum absolute atomic E-state index is 0.139. The number of amides is 2. The molecule has 1 aromatic rings. The molecule has 108 valence electrons. The van der Waals surface area contributed by atoms with Crippen molar-refractivity contribution in [2.45, 2.75) is 45.6 Å². The normalized spacial score (nSPS) is 19.1. The first-order chi connectivity index (χ1) is 9.38. The van der Waals surface area contributed by atoms with Crippen molar-refractivity contribution in [2.75, 3.05) is 11.1 Å². The average molecular weight is 277 g/mol. The molecule has 1 saturated heterocycles. The molecule has 1 unspecified atom stereocenters. The van der Waals surface area contributed by atoms with E-state index in [1.807, 2.05) is 13.8 Å². The molecule has 20 heavy (non-hydrogen) atoms. The maximum atomic E-state index is 11.8. The number of nitrogens with zero attached hydrogens (tertiary/aromatic N) is 2. The van der Waals surface area contributed by atoms with Gasteiger partial charge in [0.2, 0.25) is 11.8 Å². The van der Waals surface area contributed by atoms with Crippen molar-refractivity contribution in [3.05, 3.63) is 11.4 Å². The third kappa shape index (κ3) is 2.87. The molecule has 2 amide bonds. The van der Waals surface area contributed by atoms with Gasteiger partial charge in [0.25, 0.3) is 0 Å². The van der Waals surface area contributed by atoms with Crippen LogP contribution in [0.1, 0.15) is 44.0 Å². The Morgan fingerprint density at radius 2 is 2.05 bits per heavy atom. The zero-order valence-corrected chi connectivity index (χ0v) is 11.9. The van der Waals surface area contributed by atoms with Crippen LogP contribution in [0.3, 0.4) is 0 Å². The summed E-state index contributed by atoms with van der Waals surface area (Å²) in [5.41, 5.74) is 6.58. The van der Waals surface area contributed by atoms with Gasteiger partial charge >= 0.3 is 0 Å². The number of rotatable bonds is 3. The van der Waals surface area contributed by atoms with E-state index >= 15 is 0 Å². The van der Waals surface area contributed by atoms with Gasteiger partial charge in [-0.3, -0.25) is 14.9 Å². The number of nitrogens with one attached hydrogen (secondary N) is 2. The number of carbonyl (C=O) groups is 2. The highest BCUT2D eigenvalue weighted by Crippen LogP contribution is 2.22. The van der Waals surface area contributed by atoms with Crippen molar-refractivity contribution in [3.63, 3.8) is 0 Å². The molecule has 2 heterocycles. The van der Waals surface area contributed by atoms with Crippen LogP contribution in [0.2, 0.25) is 0 Å². The highest BCUT2D eigenvalue weighted by molar-refractivity contribution is 6.01. The summed E-state index contributed by atoms with van der Waals surface area (Å²) in [6.07, 6.45) is 0.769. The fourth-order valence-electron chi connectivity index (χ4n) is 1.95. The number of piperidine rings is 1. The van der Waals surface area contributed by atoms with Crippen molar-refractivity contribution in [1.29, 1.82) is 0 Å². The van der Waals surface area contributed by atoms with Gasteiger partial charge in [-0.05, 0) is 13.3 Å². The molecule has 0 saturated carbocycles. The Kier molecular flexibility index (Phi) is 3.87. The second kappa shape index (κ2) is 5.44. The van der Waals surface area contributed by atoms with Crippen LogP contribution in [-0.2, 0) is 9.59 Å². The lowest BCUT2D eigenvalue weighted by molar-refractivity contribution is -0.133. The van der Waals surface area contributed by atoms with E-state index < -0.39 is 6.04 Å². The Bertz CT molecular complexity index is 556. The fraction of sp³-hybridized carbons (Fsp3) is 0.538. The van der Waals surface area contributed by atoms with Gasteiger partial charge < -0.3 is 11.1 Å². The Morgan fingerprint density at radius 3 is 2.65 bits per heavy atom. The van der Waals surface area contributed by atoms with Crippen LogP contribution in [0, 0.1) is 6.92 Å². The molecule has 0 aromatic carbocycles. The quantitative estimate of drug-likeness (QED) is 0.702.